The van der Waals surface area contributed by atoms with Crippen molar-refractivity contribution in [1.82, 2.24) is 19.7 Å². The summed E-state index contributed by atoms with van der Waals surface area (Å²) in [6.07, 6.45) is 4.99. The number of anilines is 1. The van der Waals surface area contributed by atoms with Crippen LogP contribution in [0, 0.1) is 0 Å². The Labute approximate surface area is 173 Å². The first-order valence-corrected chi connectivity index (χ1v) is 11.6. The minimum absolute atomic E-state index is 0.580. The third-order valence-corrected chi connectivity index (χ3v) is 7.08. The number of benzene rings is 1. The number of hydrogen-bond donors (Lipinski definition) is 0. The van der Waals surface area contributed by atoms with E-state index in [4.69, 9.17) is 9.72 Å². The van der Waals surface area contributed by atoms with Crippen LogP contribution >= 0.6 is 23.1 Å². The van der Waals surface area contributed by atoms with Crippen molar-refractivity contribution in [1.29, 1.82) is 0 Å². The zero-order valence-corrected chi connectivity index (χ0v) is 17.5. The maximum absolute atomic E-state index is 5.33. The molecule has 1 saturated carbocycles. The molecule has 0 bridgehead atoms. The summed E-state index contributed by atoms with van der Waals surface area (Å²) in [6, 6.07) is 8.64. The quantitative estimate of drug-likeness (QED) is 0.526. The fraction of sp³-hybridized carbons (Fsp3) is 0.450. The van der Waals surface area contributed by atoms with E-state index < -0.39 is 0 Å². The van der Waals surface area contributed by atoms with Crippen molar-refractivity contribution in [3.63, 3.8) is 0 Å². The number of hydrogen-bond acceptors (Lipinski definition) is 7. The number of methoxy groups -OCH3 is 1. The summed E-state index contributed by atoms with van der Waals surface area (Å²) < 4.78 is 7.69. The molecule has 6 nitrogen and oxygen atoms in total. The van der Waals surface area contributed by atoms with Gasteiger partial charge in [-0.15, -0.1) is 21.5 Å². The van der Waals surface area contributed by atoms with E-state index in [0.717, 1.165) is 52.0 Å². The van der Waals surface area contributed by atoms with Crippen molar-refractivity contribution >= 4 is 29.0 Å². The van der Waals surface area contributed by atoms with E-state index in [1.807, 2.05) is 18.2 Å². The van der Waals surface area contributed by atoms with Crippen LogP contribution in [0.25, 0.3) is 10.6 Å². The molecule has 0 atom stereocenters. The SMILES string of the molecule is COc1cccc(-c2nc(CSc3nnc(N4CCCC4)n3C3CC3)cs2)c1. The maximum Gasteiger partial charge on any atom is 0.228 e. The Kier molecular flexibility index (Phi) is 4.98. The molecule has 2 fully saturated rings. The lowest BCUT2D eigenvalue weighted by Gasteiger charge is -2.17. The number of thiazole rings is 1. The van der Waals surface area contributed by atoms with E-state index in [1.165, 1.54) is 25.7 Å². The Morgan fingerprint density at radius 1 is 1.21 bits per heavy atom. The molecule has 146 valence electrons. The second-order valence-electron chi connectivity index (χ2n) is 7.24. The molecule has 0 N–H and O–H groups in total. The van der Waals surface area contributed by atoms with Crippen LogP contribution in [-0.4, -0.2) is 39.9 Å². The summed E-state index contributed by atoms with van der Waals surface area (Å²) in [5.41, 5.74) is 2.18. The van der Waals surface area contributed by atoms with E-state index in [2.05, 4.69) is 31.1 Å². The molecule has 8 heteroatoms. The van der Waals surface area contributed by atoms with Gasteiger partial charge in [-0.25, -0.2) is 4.98 Å². The first-order valence-electron chi connectivity index (χ1n) is 9.73. The molecule has 28 heavy (non-hydrogen) atoms. The van der Waals surface area contributed by atoms with Crippen LogP contribution in [0.2, 0.25) is 0 Å². The van der Waals surface area contributed by atoms with Gasteiger partial charge in [0.15, 0.2) is 5.16 Å². The largest absolute Gasteiger partial charge is 0.497 e. The zero-order valence-electron chi connectivity index (χ0n) is 15.9. The predicted molar refractivity (Wildman–Crippen MR) is 113 cm³/mol. The van der Waals surface area contributed by atoms with Crippen molar-refractivity contribution in [3.05, 3.63) is 35.3 Å². The maximum atomic E-state index is 5.33. The first kappa shape index (κ1) is 18.0. The Hall–Kier alpha value is -2.06. The molecule has 2 aromatic heterocycles. The van der Waals surface area contributed by atoms with Crippen LogP contribution in [0.3, 0.4) is 0 Å². The molecule has 2 aliphatic rings. The number of rotatable bonds is 7. The number of nitrogens with zero attached hydrogens (tertiary/aromatic N) is 5. The van der Waals surface area contributed by atoms with E-state index in [-0.39, 0.29) is 0 Å². The normalized spacial score (nSPS) is 16.7. The van der Waals surface area contributed by atoms with Gasteiger partial charge in [-0.2, -0.15) is 0 Å². The van der Waals surface area contributed by atoms with E-state index in [9.17, 15) is 0 Å². The molecule has 3 aromatic rings. The second-order valence-corrected chi connectivity index (χ2v) is 9.04. The highest BCUT2D eigenvalue weighted by Gasteiger charge is 2.32. The summed E-state index contributed by atoms with van der Waals surface area (Å²) >= 11 is 3.42. The molecule has 0 radical (unpaired) electrons. The molecule has 5 rings (SSSR count). The van der Waals surface area contributed by atoms with Gasteiger partial charge in [-0.1, -0.05) is 23.9 Å². The van der Waals surface area contributed by atoms with Gasteiger partial charge in [0.1, 0.15) is 10.8 Å². The summed E-state index contributed by atoms with van der Waals surface area (Å²) in [7, 11) is 1.69. The molecule has 1 aliphatic heterocycles. The summed E-state index contributed by atoms with van der Waals surface area (Å²) in [5, 5.41) is 13.2. The van der Waals surface area contributed by atoms with Gasteiger partial charge in [0, 0.05) is 35.8 Å². The van der Waals surface area contributed by atoms with Crippen molar-refractivity contribution in [2.24, 2.45) is 0 Å². The van der Waals surface area contributed by atoms with Gasteiger partial charge in [-0.3, -0.25) is 4.57 Å². The smallest absolute Gasteiger partial charge is 0.228 e. The molecule has 1 aromatic carbocycles. The van der Waals surface area contributed by atoms with Crippen molar-refractivity contribution in [2.45, 2.75) is 42.6 Å². The van der Waals surface area contributed by atoms with Crippen LogP contribution in [-0.2, 0) is 5.75 Å². The monoisotopic (exact) mass is 413 g/mol. The minimum atomic E-state index is 0.580. The molecule has 0 amide bonds. The third-order valence-electron chi connectivity index (χ3n) is 5.17. The number of ether oxygens (including phenoxy) is 1. The van der Waals surface area contributed by atoms with Gasteiger partial charge in [0.05, 0.1) is 12.8 Å². The average Bonchev–Trinajstić information content (AvgIpc) is 3.16. The van der Waals surface area contributed by atoms with Gasteiger partial charge >= 0.3 is 0 Å². The fourth-order valence-corrected chi connectivity index (χ4v) is 5.37. The van der Waals surface area contributed by atoms with Gasteiger partial charge in [-0.05, 0) is 37.8 Å². The molecule has 0 unspecified atom stereocenters. The van der Waals surface area contributed by atoms with E-state index in [0.29, 0.717) is 6.04 Å². The molecular formula is C20H23N5OS2. The van der Waals surface area contributed by atoms with Gasteiger partial charge < -0.3 is 9.64 Å². The second kappa shape index (κ2) is 7.75. The van der Waals surface area contributed by atoms with Crippen molar-refractivity contribution in [3.8, 4) is 16.3 Å². The highest BCUT2D eigenvalue weighted by atomic mass is 32.2. The Morgan fingerprint density at radius 2 is 2.07 bits per heavy atom. The molecule has 1 aliphatic carbocycles. The lowest BCUT2D eigenvalue weighted by Crippen LogP contribution is -2.22. The summed E-state index contributed by atoms with van der Waals surface area (Å²) in [4.78, 5) is 7.21. The minimum Gasteiger partial charge on any atom is -0.497 e. The highest BCUT2D eigenvalue weighted by molar-refractivity contribution is 7.98. The van der Waals surface area contributed by atoms with Crippen LogP contribution in [0.5, 0.6) is 5.75 Å². The molecular weight excluding hydrogens is 390 g/mol. The average molecular weight is 414 g/mol. The fourth-order valence-electron chi connectivity index (χ4n) is 3.55. The third kappa shape index (κ3) is 3.63. The van der Waals surface area contributed by atoms with E-state index >= 15 is 0 Å². The summed E-state index contributed by atoms with van der Waals surface area (Å²) in [6.45, 7) is 2.21. The zero-order chi connectivity index (χ0) is 18.9. The topological polar surface area (TPSA) is 56.1 Å². The molecule has 1 saturated heterocycles. The van der Waals surface area contributed by atoms with Gasteiger partial charge in [0.2, 0.25) is 5.95 Å². The van der Waals surface area contributed by atoms with Crippen LogP contribution < -0.4 is 9.64 Å². The number of thioether (sulfide) groups is 1. The Bertz CT molecular complexity index is 959. The first-order chi connectivity index (χ1) is 13.8. The van der Waals surface area contributed by atoms with Crippen LogP contribution in [0.1, 0.15) is 37.4 Å². The Balaban J connectivity index is 1.31. The highest BCUT2D eigenvalue weighted by Crippen LogP contribution is 2.42. The predicted octanol–water partition coefficient (Wildman–Crippen LogP) is 4.64. The summed E-state index contributed by atoms with van der Waals surface area (Å²) in [5.74, 6) is 2.74. The standard InChI is InChI=1S/C20H23N5OS2/c1-26-17-6-4-5-14(11-17)18-21-15(12-27-18)13-28-20-23-22-19(24-9-2-3-10-24)25(20)16-7-8-16/h4-6,11-12,16H,2-3,7-10,13H2,1H3. The Morgan fingerprint density at radius 3 is 2.86 bits per heavy atom. The van der Waals surface area contributed by atoms with Crippen molar-refractivity contribution < 1.29 is 4.74 Å². The van der Waals surface area contributed by atoms with Crippen molar-refractivity contribution in [2.75, 3.05) is 25.1 Å². The molecule has 0 spiro atoms. The van der Waals surface area contributed by atoms with Crippen LogP contribution in [0.15, 0.2) is 34.8 Å². The lowest BCUT2D eigenvalue weighted by molar-refractivity contribution is 0.415. The van der Waals surface area contributed by atoms with E-state index in [1.54, 1.807) is 30.2 Å². The van der Waals surface area contributed by atoms with Gasteiger partial charge in [0.25, 0.3) is 0 Å². The van der Waals surface area contributed by atoms with Crippen LogP contribution in [0.4, 0.5) is 5.95 Å². The molecule has 3 heterocycles. The number of aromatic nitrogens is 4. The lowest BCUT2D eigenvalue weighted by atomic mass is 10.2.